The van der Waals surface area contributed by atoms with Crippen molar-refractivity contribution in [3.05, 3.63) is 23.9 Å². The maximum Gasteiger partial charge on any atom is 0.224 e. The van der Waals surface area contributed by atoms with Gasteiger partial charge in [0.25, 0.3) is 0 Å². The number of carbonyl (C=O) groups is 1. The second-order valence-corrected chi connectivity index (χ2v) is 6.19. The van der Waals surface area contributed by atoms with Gasteiger partial charge in [0.05, 0.1) is 5.92 Å². The highest BCUT2D eigenvalue weighted by Crippen LogP contribution is 2.19. The quantitative estimate of drug-likeness (QED) is 0.770. The monoisotopic (exact) mass is 355 g/mol. The van der Waals surface area contributed by atoms with E-state index in [0.29, 0.717) is 13.1 Å². The first kappa shape index (κ1) is 20.7. The highest BCUT2D eigenvalue weighted by Gasteiger charge is 2.25. The van der Waals surface area contributed by atoms with Crippen LogP contribution in [0.1, 0.15) is 25.3 Å². The third-order valence-corrected chi connectivity index (χ3v) is 4.40. The minimum atomic E-state index is 0. The van der Waals surface area contributed by atoms with Crippen molar-refractivity contribution >= 4 is 24.1 Å². The molecule has 2 heterocycles. The maximum atomic E-state index is 12.1. The molecule has 1 aromatic rings. The SMILES string of the molecule is CCN(C)c1ccc(CN2CCCC(C(=O)NCCN)C2)cn1.Cl. The average molecular weight is 356 g/mol. The number of halogens is 1. The van der Waals surface area contributed by atoms with Gasteiger partial charge >= 0.3 is 0 Å². The number of piperidine rings is 1. The second-order valence-electron chi connectivity index (χ2n) is 6.19. The summed E-state index contributed by atoms with van der Waals surface area (Å²) >= 11 is 0. The Morgan fingerprint density at radius 2 is 2.29 bits per heavy atom. The number of nitrogens with zero attached hydrogens (tertiary/aromatic N) is 3. The fourth-order valence-electron chi connectivity index (χ4n) is 2.91. The molecule has 1 amide bonds. The molecule has 1 saturated heterocycles. The molecule has 0 saturated carbocycles. The van der Waals surface area contributed by atoms with Crippen LogP contribution in [-0.4, -0.2) is 55.6 Å². The summed E-state index contributed by atoms with van der Waals surface area (Å²) in [4.78, 5) is 21.1. The van der Waals surface area contributed by atoms with Gasteiger partial charge in [0.15, 0.2) is 0 Å². The summed E-state index contributed by atoms with van der Waals surface area (Å²) in [6.45, 7) is 6.81. The van der Waals surface area contributed by atoms with E-state index in [1.54, 1.807) is 0 Å². The first-order chi connectivity index (χ1) is 11.1. The fourth-order valence-corrected chi connectivity index (χ4v) is 2.91. The number of rotatable bonds is 7. The molecule has 0 aromatic carbocycles. The van der Waals surface area contributed by atoms with Crippen LogP contribution in [0.2, 0.25) is 0 Å². The van der Waals surface area contributed by atoms with Crippen LogP contribution in [0.3, 0.4) is 0 Å². The van der Waals surface area contributed by atoms with Gasteiger partial charge in [0, 0.05) is 46.0 Å². The van der Waals surface area contributed by atoms with Crippen LogP contribution in [0.4, 0.5) is 5.82 Å². The molecular formula is C17H30ClN5O. The smallest absolute Gasteiger partial charge is 0.224 e. The number of anilines is 1. The molecule has 3 N–H and O–H groups in total. The number of likely N-dealkylation sites (tertiary alicyclic amines) is 1. The average Bonchev–Trinajstić information content (AvgIpc) is 2.60. The molecule has 0 bridgehead atoms. The summed E-state index contributed by atoms with van der Waals surface area (Å²) < 4.78 is 0. The molecule has 0 radical (unpaired) electrons. The van der Waals surface area contributed by atoms with Crippen LogP contribution in [0.25, 0.3) is 0 Å². The van der Waals surface area contributed by atoms with E-state index in [2.05, 4.69) is 39.2 Å². The molecule has 0 aliphatic carbocycles. The van der Waals surface area contributed by atoms with Gasteiger partial charge in [-0.1, -0.05) is 6.07 Å². The molecule has 1 aliphatic rings. The number of nitrogens with two attached hydrogens (primary N) is 1. The van der Waals surface area contributed by atoms with Crippen molar-refractivity contribution in [2.24, 2.45) is 11.7 Å². The molecular weight excluding hydrogens is 326 g/mol. The molecule has 1 atom stereocenters. The van der Waals surface area contributed by atoms with E-state index in [-0.39, 0.29) is 24.2 Å². The Morgan fingerprint density at radius 1 is 1.50 bits per heavy atom. The fraction of sp³-hybridized carbons (Fsp3) is 0.647. The standard InChI is InChI=1S/C17H29N5O.ClH/c1-3-21(2)16-7-6-14(11-20-16)12-22-10-4-5-15(13-22)17(23)19-9-8-18;/h6-7,11,15H,3-5,8-10,12-13,18H2,1-2H3,(H,19,23);1H. The Balaban J connectivity index is 0.00000288. The molecule has 7 heteroatoms. The highest BCUT2D eigenvalue weighted by atomic mass is 35.5. The zero-order valence-electron chi connectivity index (χ0n) is 14.7. The first-order valence-corrected chi connectivity index (χ1v) is 8.50. The zero-order chi connectivity index (χ0) is 16.7. The van der Waals surface area contributed by atoms with Gasteiger partial charge in [-0.2, -0.15) is 0 Å². The molecule has 24 heavy (non-hydrogen) atoms. The molecule has 1 fully saturated rings. The number of hydrogen-bond acceptors (Lipinski definition) is 5. The maximum absolute atomic E-state index is 12.1. The summed E-state index contributed by atoms with van der Waals surface area (Å²) in [6.07, 6.45) is 3.97. The van der Waals surface area contributed by atoms with Crippen molar-refractivity contribution in [1.82, 2.24) is 15.2 Å². The van der Waals surface area contributed by atoms with E-state index in [0.717, 1.165) is 44.8 Å². The third-order valence-electron chi connectivity index (χ3n) is 4.40. The summed E-state index contributed by atoms with van der Waals surface area (Å²) in [5.41, 5.74) is 6.64. The van der Waals surface area contributed by atoms with Crippen LogP contribution < -0.4 is 16.0 Å². The number of aromatic nitrogens is 1. The predicted octanol–water partition coefficient (Wildman–Crippen LogP) is 1.25. The van der Waals surface area contributed by atoms with E-state index in [9.17, 15) is 4.79 Å². The van der Waals surface area contributed by atoms with E-state index in [1.165, 1.54) is 5.56 Å². The lowest BCUT2D eigenvalue weighted by atomic mass is 9.97. The molecule has 0 spiro atoms. The van der Waals surface area contributed by atoms with Gasteiger partial charge in [-0.3, -0.25) is 9.69 Å². The molecule has 136 valence electrons. The topological polar surface area (TPSA) is 74.5 Å². The van der Waals surface area contributed by atoms with Crippen molar-refractivity contribution in [2.45, 2.75) is 26.3 Å². The van der Waals surface area contributed by atoms with Gasteiger partial charge in [0.2, 0.25) is 5.91 Å². The second kappa shape index (κ2) is 10.5. The summed E-state index contributed by atoms with van der Waals surface area (Å²) in [5.74, 6) is 1.21. The lowest BCUT2D eigenvalue weighted by molar-refractivity contribution is -0.126. The van der Waals surface area contributed by atoms with Crippen LogP contribution in [0, 0.1) is 5.92 Å². The van der Waals surface area contributed by atoms with Crippen LogP contribution in [0.15, 0.2) is 18.3 Å². The minimum absolute atomic E-state index is 0. The molecule has 1 aromatic heterocycles. The van der Waals surface area contributed by atoms with E-state index < -0.39 is 0 Å². The Bertz CT molecular complexity index is 496. The minimum Gasteiger partial charge on any atom is -0.360 e. The van der Waals surface area contributed by atoms with Crippen molar-refractivity contribution in [3.8, 4) is 0 Å². The zero-order valence-corrected chi connectivity index (χ0v) is 15.5. The Morgan fingerprint density at radius 3 is 2.92 bits per heavy atom. The summed E-state index contributed by atoms with van der Waals surface area (Å²) in [5, 5.41) is 2.90. The molecule has 6 nitrogen and oxygen atoms in total. The van der Waals surface area contributed by atoms with Gasteiger partial charge in [-0.15, -0.1) is 12.4 Å². The Hall–Kier alpha value is -1.37. The first-order valence-electron chi connectivity index (χ1n) is 8.50. The molecule has 2 rings (SSSR count). The van der Waals surface area contributed by atoms with Crippen LogP contribution in [0.5, 0.6) is 0 Å². The van der Waals surface area contributed by atoms with Crippen LogP contribution >= 0.6 is 12.4 Å². The number of amides is 1. The van der Waals surface area contributed by atoms with E-state index in [4.69, 9.17) is 5.73 Å². The number of hydrogen-bond donors (Lipinski definition) is 2. The van der Waals surface area contributed by atoms with E-state index in [1.807, 2.05) is 13.2 Å². The summed E-state index contributed by atoms with van der Waals surface area (Å²) in [6, 6.07) is 4.20. The lowest BCUT2D eigenvalue weighted by Gasteiger charge is -2.32. The predicted molar refractivity (Wildman–Crippen MR) is 100 cm³/mol. The van der Waals surface area contributed by atoms with Crippen molar-refractivity contribution in [2.75, 3.05) is 44.7 Å². The molecule has 1 aliphatic heterocycles. The molecule has 1 unspecified atom stereocenters. The van der Waals surface area contributed by atoms with E-state index >= 15 is 0 Å². The highest BCUT2D eigenvalue weighted by molar-refractivity contribution is 5.85. The van der Waals surface area contributed by atoms with Crippen LogP contribution in [-0.2, 0) is 11.3 Å². The van der Waals surface area contributed by atoms with Crippen molar-refractivity contribution in [3.63, 3.8) is 0 Å². The Labute approximate surface area is 151 Å². The van der Waals surface area contributed by atoms with Gasteiger partial charge in [-0.05, 0) is 37.9 Å². The van der Waals surface area contributed by atoms with Crippen molar-refractivity contribution < 1.29 is 4.79 Å². The summed E-state index contributed by atoms with van der Waals surface area (Å²) in [7, 11) is 2.04. The van der Waals surface area contributed by atoms with Gasteiger partial charge < -0.3 is 16.0 Å². The third kappa shape index (κ3) is 5.92. The van der Waals surface area contributed by atoms with Gasteiger partial charge in [-0.25, -0.2) is 4.98 Å². The Kier molecular flexibility index (Phi) is 9.03. The van der Waals surface area contributed by atoms with Crippen molar-refractivity contribution in [1.29, 1.82) is 0 Å². The number of carbonyl (C=O) groups excluding carboxylic acids is 1. The largest absolute Gasteiger partial charge is 0.360 e. The number of pyridine rings is 1. The lowest BCUT2D eigenvalue weighted by Crippen LogP contribution is -2.43. The van der Waals surface area contributed by atoms with Gasteiger partial charge in [0.1, 0.15) is 5.82 Å². The normalized spacial score (nSPS) is 17.9. The number of nitrogens with one attached hydrogen (secondary N) is 1.